The van der Waals surface area contributed by atoms with Crippen LogP contribution in [0, 0.1) is 0 Å². The molecule has 0 bridgehead atoms. The lowest BCUT2D eigenvalue weighted by molar-refractivity contribution is 0.0441. The second-order valence-electron chi connectivity index (χ2n) is 2.68. The van der Waals surface area contributed by atoms with Crippen molar-refractivity contribution in [3.8, 4) is 0 Å². The summed E-state index contributed by atoms with van der Waals surface area (Å²) in [6.45, 7) is -0.00967. The van der Waals surface area contributed by atoms with Gasteiger partial charge in [0.1, 0.15) is 0 Å². The molecule has 0 amide bonds. The first-order chi connectivity index (χ1) is 7.15. The Kier molecular flexibility index (Phi) is 3.87. The number of ether oxygens (including phenoxy) is 1. The third-order valence-corrected chi connectivity index (χ3v) is 1.55. The van der Waals surface area contributed by atoms with Crippen LogP contribution in [0.1, 0.15) is 27.5 Å². The maximum absolute atomic E-state index is 11.2. The normalized spacial score (nSPS) is 9.93. The second kappa shape index (κ2) is 5.16. The molecule has 1 rings (SSSR count). The zero-order chi connectivity index (χ0) is 11.3. The summed E-state index contributed by atoms with van der Waals surface area (Å²) in [6.07, 6.45) is 0.332. The van der Waals surface area contributed by atoms with Crippen LogP contribution in [-0.2, 0) is 4.74 Å². The molecule has 0 spiro atoms. The van der Waals surface area contributed by atoms with Crippen LogP contribution in [0.25, 0.3) is 0 Å². The van der Waals surface area contributed by atoms with Crippen LogP contribution < -0.4 is 0 Å². The maximum Gasteiger partial charge on any atom is 0.374 e. The standard InChI is InChI=1S/C9H10O6/c10-4-1-5-14-9(13)7-3-2-6(15-7)8(11)12/h2-3,10H,1,4-5H2,(H,11,12). The predicted octanol–water partition coefficient (Wildman–Crippen LogP) is 0.517. The lowest BCUT2D eigenvalue weighted by Gasteiger charge is -1.99. The van der Waals surface area contributed by atoms with Crippen molar-refractivity contribution in [2.45, 2.75) is 6.42 Å². The number of hydrogen-bond donors (Lipinski definition) is 2. The molecule has 15 heavy (non-hydrogen) atoms. The Morgan fingerprint density at radius 1 is 1.33 bits per heavy atom. The molecule has 0 unspecified atom stereocenters. The Labute approximate surface area is 85.1 Å². The van der Waals surface area contributed by atoms with Crippen molar-refractivity contribution < 1.29 is 29.0 Å². The number of aliphatic hydroxyl groups excluding tert-OH is 1. The fourth-order valence-electron chi connectivity index (χ4n) is 0.863. The monoisotopic (exact) mass is 214 g/mol. The van der Waals surface area contributed by atoms with E-state index < -0.39 is 11.9 Å². The van der Waals surface area contributed by atoms with Crippen molar-refractivity contribution in [3.63, 3.8) is 0 Å². The highest BCUT2D eigenvalue weighted by Crippen LogP contribution is 2.09. The van der Waals surface area contributed by atoms with Crippen molar-refractivity contribution >= 4 is 11.9 Å². The minimum atomic E-state index is -1.25. The van der Waals surface area contributed by atoms with Gasteiger partial charge in [-0.2, -0.15) is 0 Å². The van der Waals surface area contributed by atoms with Gasteiger partial charge in [-0.25, -0.2) is 9.59 Å². The summed E-state index contributed by atoms with van der Waals surface area (Å²) >= 11 is 0. The van der Waals surface area contributed by atoms with Gasteiger partial charge in [-0.15, -0.1) is 0 Å². The second-order valence-corrected chi connectivity index (χ2v) is 2.68. The van der Waals surface area contributed by atoms with Crippen LogP contribution in [0.2, 0.25) is 0 Å². The van der Waals surface area contributed by atoms with Gasteiger partial charge in [0.15, 0.2) is 0 Å². The summed E-state index contributed by atoms with van der Waals surface area (Å²) in [5, 5.41) is 16.9. The average molecular weight is 214 g/mol. The van der Waals surface area contributed by atoms with Crippen LogP contribution in [-0.4, -0.2) is 35.4 Å². The van der Waals surface area contributed by atoms with Crippen molar-refractivity contribution in [1.82, 2.24) is 0 Å². The van der Waals surface area contributed by atoms with Crippen LogP contribution in [0.5, 0.6) is 0 Å². The molecule has 1 aromatic rings. The number of carboxylic acids is 1. The predicted molar refractivity (Wildman–Crippen MR) is 47.7 cm³/mol. The quantitative estimate of drug-likeness (QED) is 0.547. The Morgan fingerprint density at radius 2 is 2.00 bits per heavy atom. The number of furan rings is 1. The molecule has 0 fully saturated rings. The lowest BCUT2D eigenvalue weighted by atomic mass is 10.4. The van der Waals surface area contributed by atoms with E-state index in [2.05, 4.69) is 4.74 Å². The number of esters is 1. The smallest absolute Gasteiger partial charge is 0.374 e. The highest BCUT2D eigenvalue weighted by molar-refractivity contribution is 5.89. The van der Waals surface area contributed by atoms with Gasteiger partial charge in [0.2, 0.25) is 11.5 Å². The van der Waals surface area contributed by atoms with E-state index in [1.54, 1.807) is 0 Å². The Bertz CT molecular complexity index is 353. The minimum Gasteiger partial charge on any atom is -0.475 e. The molecule has 0 aromatic carbocycles. The van der Waals surface area contributed by atoms with Gasteiger partial charge in [0.05, 0.1) is 6.61 Å². The molecule has 1 heterocycles. The SMILES string of the molecule is O=C(O)c1ccc(C(=O)OCCCO)o1. The van der Waals surface area contributed by atoms with Gasteiger partial charge in [0, 0.05) is 13.0 Å². The molecule has 0 atom stereocenters. The van der Waals surface area contributed by atoms with Crippen molar-refractivity contribution in [2.75, 3.05) is 13.2 Å². The molecule has 0 aliphatic carbocycles. The van der Waals surface area contributed by atoms with Crippen LogP contribution in [0.3, 0.4) is 0 Å². The van der Waals surface area contributed by atoms with Gasteiger partial charge in [0.25, 0.3) is 0 Å². The Balaban J connectivity index is 2.54. The molecule has 0 aliphatic heterocycles. The molecule has 6 nitrogen and oxygen atoms in total. The Hall–Kier alpha value is -1.82. The number of carbonyl (C=O) groups is 2. The van der Waals surface area contributed by atoms with Crippen molar-refractivity contribution in [3.05, 3.63) is 23.7 Å². The fourth-order valence-corrected chi connectivity index (χ4v) is 0.863. The fraction of sp³-hybridized carbons (Fsp3) is 0.333. The first kappa shape index (κ1) is 11.3. The molecule has 0 saturated carbocycles. The van der Waals surface area contributed by atoms with Gasteiger partial charge in [-0.3, -0.25) is 0 Å². The maximum atomic E-state index is 11.2. The van der Waals surface area contributed by atoms with E-state index in [1.807, 2.05) is 0 Å². The molecule has 0 radical (unpaired) electrons. The zero-order valence-corrected chi connectivity index (χ0v) is 7.80. The van der Waals surface area contributed by atoms with Gasteiger partial charge >= 0.3 is 11.9 Å². The molecule has 1 aromatic heterocycles. The molecule has 82 valence electrons. The highest BCUT2D eigenvalue weighted by Gasteiger charge is 2.15. The first-order valence-corrected chi connectivity index (χ1v) is 4.26. The van der Waals surface area contributed by atoms with Gasteiger partial charge < -0.3 is 19.4 Å². The first-order valence-electron chi connectivity index (χ1n) is 4.26. The third kappa shape index (κ3) is 3.10. The number of carboxylic acid groups (broad SMARTS) is 1. The van der Waals surface area contributed by atoms with Crippen LogP contribution >= 0.6 is 0 Å². The van der Waals surface area contributed by atoms with Crippen LogP contribution in [0.15, 0.2) is 16.5 Å². The molecule has 2 N–H and O–H groups in total. The number of carbonyl (C=O) groups excluding carboxylic acids is 1. The van der Waals surface area contributed by atoms with E-state index >= 15 is 0 Å². The van der Waals surface area contributed by atoms with Crippen LogP contribution in [0.4, 0.5) is 0 Å². The highest BCUT2D eigenvalue weighted by atomic mass is 16.5. The summed E-state index contributed by atoms with van der Waals surface area (Å²) in [5.74, 6) is -2.46. The molecule has 6 heteroatoms. The van der Waals surface area contributed by atoms with E-state index in [1.165, 1.54) is 12.1 Å². The van der Waals surface area contributed by atoms with E-state index in [9.17, 15) is 9.59 Å². The van der Waals surface area contributed by atoms with Gasteiger partial charge in [-0.1, -0.05) is 0 Å². The molecular weight excluding hydrogens is 204 g/mol. The van der Waals surface area contributed by atoms with E-state index in [0.29, 0.717) is 6.42 Å². The van der Waals surface area contributed by atoms with Crippen molar-refractivity contribution in [2.24, 2.45) is 0 Å². The number of hydrogen-bond acceptors (Lipinski definition) is 5. The molecule has 0 saturated heterocycles. The topological polar surface area (TPSA) is 97.0 Å². The summed E-state index contributed by atoms with van der Waals surface area (Å²) < 4.78 is 9.38. The summed E-state index contributed by atoms with van der Waals surface area (Å²) in [6, 6.07) is 2.40. The zero-order valence-electron chi connectivity index (χ0n) is 7.80. The number of aromatic carboxylic acids is 1. The lowest BCUT2D eigenvalue weighted by Crippen LogP contribution is -2.06. The van der Waals surface area contributed by atoms with E-state index in [0.717, 1.165) is 0 Å². The molecule has 0 aliphatic rings. The third-order valence-electron chi connectivity index (χ3n) is 1.55. The summed E-state index contributed by atoms with van der Waals surface area (Å²) in [5.41, 5.74) is 0. The van der Waals surface area contributed by atoms with E-state index in [4.69, 9.17) is 14.6 Å². The summed E-state index contributed by atoms with van der Waals surface area (Å²) in [7, 11) is 0. The minimum absolute atomic E-state index is 0.0679. The molecular formula is C9H10O6. The number of aliphatic hydroxyl groups is 1. The Morgan fingerprint density at radius 3 is 2.53 bits per heavy atom. The summed E-state index contributed by atoms with van der Waals surface area (Å²) in [4.78, 5) is 21.6. The average Bonchev–Trinajstić information content (AvgIpc) is 2.66. The van der Waals surface area contributed by atoms with E-state index in [-0.39, 0.29) is 24.7 Å². The number of rotatable bonds is 5. The van der Waals surface area contributed by atoms with Crippen molar-refractivity contribution in [1.29, 1.82) is 0 Å². The van der Waals surface area contributed by atoms with Gasteiger partial charge in [-0.05, 0) is 12.1 Å². The largest absolute Gasteiger partial charge is 0.475 e.